The number of ether oxygens (including phenoxy) is 1. The molecular weight excluding hydrogens is 230 g/mol. The predicted octanol–water partition coefficient (Wildman–Crippen LogP) is 0.0852. The fraction of sp³-hybridized carbons (Fsp3) is 0.417. The van der Waals surface area contributed by atoms with Crippen LogP contribution in [0.2, 0.25) is 0 Å². The Morgan fingerprint density at radius 3 is 3.06 bits per heavy atom. The molecule has 3 rings (SSSR count). The van der Waals surface area contributed by atoms with E-state index in [9.17, 15) is 0 Å². The summed E-state index contributed by atoms with van der Waals surface area (Å²) >= 11 is 0. The highest BCUT2D eigenvalue weighted by Crippen LogP contribution is 2.29. The average molecular weight is 245 g/mol. The molecule has 1 unspecified atom stereocenters. The molecule has 94 valence electrons. The molecule has 1 atom stereocenters. The number of para-hydroxylation sites is 1. The molecule has 0 aliphatic carbocycles. The quantitative estimate of drug-likeness (QED) is 0.811. The van der Waals surface area contributed by atoms with Crippen molar-refractivity contribution in [2.45, 2.75) is 18.4 Å². The van der Waals surface area contributed by atoms with Gasteiger partial charge in [0.25, 0.3) is 0 Å². The van der Waals surface area contributed by atoms with Crippen molar-refractivity contribution in [3.05, 3.63) is 35.7 Å². The molecule has 6 nitrogen and oxygen atoms in total. The molecule has 6 heteroatoms. The van der Waals surface area contributed by atoms with Crippen LogP contribution in [-0.4, -0.2) is 32.4 Å². The van der Waals surface area contributed by atoms with Gasteiger partial charge in [-0.1, -0.05) is 18.2 Å². The summed E-state index contributed by atoms with van der Waals surface area (Å²) in [6.07, 6.45) is 1.33. The van der Waals surface area contributed by atoms with Gasteiger partial charge in [0.1, 0.15) is 12.4 Å². The van der Waals surface area contributed by atoms with E-state index in [0.29, 0.717) is 18.9 Å². The zero-order valence-corrected chi connectivity index (χ0v) is 10.2. The molecule has 1 aromatic heterocycles. The third-order valence-corrected chi connectivity index (χ3v) is 3.09. The number of aromatic nitrogens is 4. The van der Waals surface area contributed by atoms with Crippen LogP contribution in [-0.2, 0) is 19.9 Å². The van der Waals surface area contributed by atoms with Crippen LogP contribution in [0.15, 0.2) is 24.3 Å². The summed E-state index contributed by atoms with van der Waals surface area (Å²) in [4.78, 5) is 1.44. The molecule has 0 amide bonds. The Bertz CT molecular complexity index is 567. The van der Waals surface area contributed by atoms with E-state index < -0.39 is 5.54 Å². The van der Waals surface area contributed by atoms with E-state index in [2.05, 4.69) is 15.4 Å². The van der Waals surface area contributed by atoms with Crippen molar-refractivity contribution in [2.75, 3.05) is 6.61 Å². The van der Waals surface area contributed by atoms with Gasteiger partial charge < -0.3 is 10.5 Å². The van der Waals surface area contributed by atoms with Crippen molar-refractivity contribution in [1.82, 2.24) is 20.2 Å². The topological polar surface area (TPSA) is 78.9 Å². The lowest BCUT2D eigenvalue weighted by Crippen LogP contribution is -2.52. The number of nitrogens with zero attached hydrogens (tertiary/aromatic N) is 4. The van der Waals surface area contributed by atoms with Gasteiger partial charge in [0.2, 0.25) is 0 Å². The van der Waals surface area contributed by atoms with Crippen LogP contribution < -0.4 is 10.5 Å². The molecule has 18 heavy (non-hydrogen) atoms. The third kappa shape index (κ3) is 2.06. The summed E-state index contributed by atoms with van der Waals surface area (Å²) in [5.41, 5.74) is 7.05. The first-order chi connectivity index (χ1) is 8.65. The Morgan fingerprint density at radius 1 is 1.44 bits per heavy atom. The lowest BCUT2D eigenvalue weighted by atomic mass is 9.87. The zero-order valence-electron chi connectivity index (χ0n) is 10.2. The largest absolute Gasteiger partial charge is 0.491 e. The first kappa shape index (κ1) is 11.2. The maximum absolute atomic E-state index is 6.37. The Balaban J connectivity index is 1.81. The van der Waals surface area contributed by atoms with Crippen LogP contribution in [0.1, 0.15) is 11.4 Å². The molecule has 0 spiro atoms. The summed E-state index contributed by atoms with van der Waals surface area (Å²) in [5, 5.41) is 12.0. The van der Waals surface area contributed by atoms with E-state index in [0.717, 1.165) is 17.7 Å². The van der Waals surface area contributed by atoms with Gasteiger partial charge in [-0.15, -0.1) is 10.2 Å². The zero-order chi connectivity index (χ0) is 12.6. The first-order valence-corrected chi connectivity index (χ1v) is 5.87. The molecule has 1 aromatic carbocycles. The summed E-state index contributed by atoms with van der Waals surface area (Å²) in [6, 6.07) is 7.97. The predicted molar refractivity (Wildman–Crippen MR) is 65.1 cm³/mol. The van der Waals surface area contributed by atoms with Crippen molar-refractivity contribution < 1.29 is 4.74 Å². The first-order valence-electron chi connectivity index (χ1n) is 5.87. The second kappa shape index (κ2) is 4.06. The van der Waals surface area contributed by atoms with Gasteiger partial charge >= 0.3 is 0 Å². The number of tetrazole rings is 1. The molecule has 1 aliphatic heterocycles. The fourth-order valence-corrected chi connectivity index (χ4v) is 2.27. The normalized spacial score (nSPS) is 22.3. The van der Waals surface area contributed by atoms with Gasteiger partial charge in [-0.25, -0.2) is 0 Å². The molecule has 0 saturated carbocycles. The van der Waals surface area contributed by atoms with Crippen molar-refractivity contribution in [2.24, 2.45) is 12.8 Å². The van der Waals surface area contributed by atoms with Crippen LogP contribution in [0.25, 0.3) is 0 Å². The maximum Gasteiger partial charge on any atom is 0.176 e. The van der Waals surface area contributed by atoms with Crippen LogP contribution in [0.3, 0.4) is 0 Å². The molecule has 0 saturated heterocycles. The molecule has 0 bridgehead atoms. The number of nitrogens with two attached hydrogens (primary N) is 1. The minimum Gasteiger partial charge on any atom is -0.491 e. The summed E-state index contributed by atoms with van der Waals surface area (Å²) in [7, 11) is 1.74. The van der Waals surface area contributed by atoms with Gasteiger partial charge in [0, 0.05) is 6.42 Å². The number of fused-ring (bicyclic) bond motifs is 1. The van der Waals surface area contributed by atoms with Crippen molar-refractivity contribution >= 4 is 0 Å². The molecule has 1 aliphatic rings. The Morgan fingerprint density at radius 2 is 2.28 bits per heavy atom. The van der Waals surface area contributed by atoms with Gasteiger partial charge in [0.05, 0.1) is 12.6 Å². The molecule has 0 radical (unpaired) electrons. The average Bonchev–Trinajstić information content (AvgIpc) is 2.74. The molecule has 0 fully saturated rings. The van der Waals surface area contributed by atoms with Gasteiger partial charge in [-0.2, -0.15) is 4.80 Å². The van der Waals surface area contributed by atoms with Crippen molar-refractivity contribution in [3.8, 4) is 5.75 Å². The number of hydrogen-bond donors (Lipinski definition) is 1. The highest BCUT2D eigenvalue weighted by Gasteiger charge is 2.33. The highest BCUT2D eigenvalue weighted by molar-refractivity contribution is 5.37. The monoisotopic (exact) mass is 245 g/mol. The minimum atomic E-state index is -0.461. The van der Waals surface area contributed by atoms with Gasteiger partial charge in [-0.05, 0) is 23.3 Å². The molecule has 2 aromatic rings. The van der Waals surface area contributed by atoms with Gasteiger partial charge in [-0.3, -0.25) is 0 Å². The molecule has 2 heterocycles. The number of aryl methyl sites for hydroxylation is 1. The molecule has 2 N–H and O–H groups in total. The van der Waals surface area contributed by atoms with E-state index in [1.165, 1.54) is 4.80 Å². The standard InChI is InChI=1S/C12H15N5O/c1-17-15-11(14-16-17)7-12(13)6-9-4-2-3-5-10(9)18-8-12/h2-5H,6-8,13H2,1H3. The summed E-state index contributed by atoms with van der Waals surface area (Å²) in [5.74, 6) is 1.58. The molecular formula is C12H15N5O. The Labute approximate surface area is 105 Å². The smallest absolute Gasteiger partial charge is 0.176 e. The van der Waals surface area contributed by atoms with E-state index in [1.807, 2.05) is 24.3 Å². The Kier molecular flexibility index (Phi) is 2.52. The summed E-state index contributed by atoms with van der Waals surface area (Å²) in [6.45, 7) is 0.474. The Hall–Kier alpha value is -1.95. The van der Waals surface area contributed by atoms with E-state index in [1.54, 1.807) is 7.05 Å². The van der Waals surface area contributed by atoms with Crippen LogP contribution in [0.5, 0.6) is 5.75 Å². The second-order valence-corrected chi connectivity index (χ2v) is 4.81. The number of rotatable bonds is 2. The highest BCUT2D eigenvalue weighted by atomic mass is 16.5. The number of benzene rings is 1. The maximum atomic E-state index is 6.37. The van der Waals surface area contributed by atoms with E-state index >= 15 is 0 Å². The van der Waals surface area contributed by atoms with Crippen LogP contribution in [0.4, 0.5) is 0 Å². The van der Waals surface area contributed by atoms with Crippen LogP contribution >= 0.6 is 0 Å². The number of hydrogen-bond acceptors (Lipinski definition) is 5. The van der Waals surface area contributed by atoms with Gasteiger partial charge in [0.15, 0.2) is 5.82 Å². The van der Waals surface area contributed by atoms with Crippen molar-refractivity contribution in [3.63, 3.8) is 0 Å². The SMILES string of the molecule is Cn1nnc(CC2(N)COc3ccccc3C2)n1. The lowest BCUT2D eigenvalue weighted by molar-refractivity contribution is 0.188. The van der Waals surface area contributed by atoms with Crippen LogP contribution in [0, 0.1) is 0 Å². The summed E-state index contributed by atoms with van der Waals surface area (Å²) < 4.78 is 5.71. The van der Waals surface area contributed by atoms with E-state index in [-0.39, 0.29) is 0 Å². The minimum absolute atomic E-state index is 0.461. The van der Waals surface area contributed by atoms with Crippen molar-refractivity contribution in [1.29, 1.82) is 0 Å². The lowest BCUT2D eigenvalue weighted by Gasteiger charge is -2.33. The second-order valence-electron chi connectivity index (χ2n) is 4.81. The third-order valence-electron chi connectivity index (χ3n) is 3.09. The fourth-order valence-electron chi connectivity index (χ4n) is 2.27. The van der Waals surface area contributed by atoms with E-state index in [4.69, 9.17) is 10.5 Å².